The van der Waals surface area contributed by atoms with Gasteiger partial charge in [0, 0.05) is 18.3 Å². The Kier molecular flexibility index (Phi) is 3.54. The van der Waals surface area contributed by atoms with E-state index in [4.69, 9.17) is 0 Å². The SMILES string of the molecule is CNCc1cn(Cc2cccc(F)c2)nc1C. The van der Waals surface area contributed by atoms with E-state index in [2.05, 4.69) is 10.4 Å². The molecule has 17 heavy (non-hydrogen) atoms. The number of hydrogen-bond donors (Lipinski definition) is 1. The van der Waals surface area contributed by atoms with Gasteiger partial charge in [-0.15, -0.1) is 0 Å². The molecule has 0 saturated carbocycles. The highest BCUT2D eigenvalue weighted by molar-refractivity contribution is 5.19. The number of benzene rings is 1. The van der Waals surface area contributed by atoms with E-state index in [0.29, 0.717) is 6.54 Å². The third kappa shape index (κ3) is 2.91. The number of aromatic nitrogens is 2. The molecule has 1 N–H and O–H groups in total. The smallest absolute Gasteiger partial charge is 0.123 e. The van der Waals surface area contributed by atoms with Crippen LogP contribution < -0.4 is 5.32 Å². The van der Waals surface area contributed by atoms with Crippen molar-refractivity contribution < 1.29 is 4.39 Å². The summed E-state index contributed by atoms with van der Waals surface area (Å²) in [6.45, 7) is 3.38. The molecule has 0 bridgehead atoms. The molecule has 3 nitrogen and oxygen atoms in total. The summed E-state index contributed by atoms with van der Waals surface area (Å²) in [5.74, 6) is -0.207. The maximum atomic E-state index is 13.0. The van der Waals surface area contributed by atoms with Gasteiger partial charge in [-0.1, -0.05) is 12.1 Å². The minimum Gasteiger partial charge on any atom is -0.316 e. The van der Waals surface area contributed by atoms with E-state index >= 15 is 0 Å². The number of rotatable bonds is 4. The molecule has 0 aliphatic heterocycles. The number of halogens is 1. The van der Waals surface area contributed by atoms with Gasteiger partial charge in [0.2, 0.25) is 0 Å². The Morgan fingerprint density at radius 2 is 2.24 bits per heavy atom. The van der Waals surface area contributed by atoms with Gasteiger partial charge in [0.1, 0.15) is 5.82 Å². The molecule has 1 aromatic carbocycles. The van der Waals surface area contributed by atoms with Crippen molar-refractivity contribution in [2.75, 3.05) is 7.05 Å². The van der Waals surface area contributed by atoms with Crippen molar-refractivity contribution in [3.8, 4) is 0 Å². The van der Waals surface area contributed by atoms with Crippen molar-refractivity contribution in [3.05, 3.63) is 53.1 Å². The van der Waals surface area contributed by atoms with Gasteiger partial charge in [-0.25, -0.2) is 4.39 Å². The molecule has 0 fully saturated rings. The molecule has 4 heteroatoms. The van der Waals surface area contributed by atoms with Gasteiger partial charge in [-0.05, 0) is 31.7 Å². The van der Waals surface area contributed by atoms with Crippen molar-refractivity contribution in [1.82, 2.24) is 15.1 Å². The first-order valence-electron chi connectivity index (χ1n) is 5.61. The second-order valence-electron chi connectivity index (χ2n) is 4.10. The van der Waals surface area contributed by atoms with E-state index in [-0.39, 0.29) is 5.82 Å². The Morgan fingerprint density at radius 3 is 2.94 bits per heavy atom. The average Bonchev–Trinajstić information content (AvgIpc) is 2.60. The fraction of sp³-hybridized carbons (Fsp3) is 0.308. The Hall–Kier alpha value is -1.68. The second-order valence-corrected chi connectivity index (χ2v) is 4.10. The molecule has 2 rings (SSSR count). The van der Waals surface area contributed by atoms with Crippen LogP contribution in [0.25, 0.3) is 0 Å². The molecule has 2 aromatic rings. The summed E-state index contributed by atoms with van der Waals surface area (Å²) in [5, 5.41) is 7.51. The highest BCUT2D eigenvalue weighted by Crippen LogP contribution is 2.09. The first-order chi connectivity index (χ1) is 8.19. The number of nitrogens with one attached hydrogen (secondary N) is 1. The minimum atomic E-state index is -0.207. The number of hydrogen-bond acceptors (Lipinski definition) is 2. The van der Waals surface area contributed by atoms with E-state index in [1.54, 1.807) is 6.07 Å². The third-order valence-corrected chi connectivity index (χ3v) is 2.65. The van der Waals surface area contributed by atoms with E-state index in [1.165, 1.54) is 17.7 Å². The fourth-order valence-electron chi connectivity index (χ4n) is 1.83. The van der Waals surface area contributed by atoms with Crippen LogP contribution in [0, 0.1) is 12.7 Å². The zero-order valence-corrected chi connectivity index (χ0v) is 10.1. The zero-order valence-electron chi connectivity index (χ0n) is 10.1. The maximum absolute atomic E-state index is 13.0. The summed E-state index contributed by atoms with van der Waals surface area (Å²) in [7, 11) is 1.91. The molecule has 0 saturated heterocycles. The molecule has 0 amide bonds. The molecule has 0 unspecified atom stereocenters. The first kappa shape index (κ1) is 11.8. The van der Waals surface area contributed by atoms with Crippen molar-refractivity contribution >= 4 is 0 Å². The Bertz CT molecular complexity index is 505. The highest BCUT2D eigenvalue weighted by atomic mass is 19.1. The summed E-state index contributed by atoms with van der Waals surface area (Å²) < 4.78 is 14.9. The van der Waals surface area contributed by atoms with Crippen LogP contribution in [0.3, 0.4) is 0 Å². The predicted octanol–water partition coefficient (Wildman–Crippen LogP) is 2.10. The summed E-state index contributed by atoms with van der Waals surface area (Å²) in [6.07, 6.45) is 2.00. The lowest BCUT2D eigenvalue weighted by atomic mass is 10.2. The van der Waals surface area contributed by atoms with Gasteiger partial charge in [0.15, 0.2) is 0 Å². The summed E-state index contributed by atoms with van der Waals surface area (Å²) >= 11 is 0. The lowest BCUT2D eigenvalue weighted by Crippen LogP contribution is -2.05. The van der Waals surface area contributed by atoms with Crippen LogP contribution in [0.15, 0.2) is 30.5 Å². The van der Waals surface area contributed by atoms with E-state index in [1.807, 2.05) is 30.9 Å². The fourth-order valence-corrected chi connectivity index (χ4v) is 1.83. The Morgan fingerprint density at radius 1 is 1.41 bits per heavy atom. The van der Waals surface area contributed by atoms with Crippen molar-refractivity contribution in [2.24, 2.45) is 0 Å². The summed E-state index contributed by atoms with van der Waals surface area (Å²) in [4.78, 5) is 0. The number of nitrogens with zero attached hydrogens (tertiary/aromatic N) is 2. The van der Waals surface area contributed by atoms with Gasteiger partial charge >= 0.3 is 0 Å². The molecule has 1 heterocycles. The Labute approximate surface area is 100 Å². The van der Waals surface area contributed by atoms with Gasteiger partial charge in [0.25, 0.3) is 0 Å². The zero-order chi connectivity index (χ0) is 12.3. The second kappa shape index (κ2) is 5.10. The van der Waals surface area contributed by atoms with Crippen molar-refractivity contribution in [3.63, 3.8) is 0 Å². The molecule has 1 aromatic heterocycles. The van der Waals surface area contributed by atoms with Gasteiger partial charge in [0.05, 0.1) is 12.2 Å². The third-order valence-electron chi connectivity index (χ3n) is 2.65. The topological polar surface area (TPSA) is 29.9 Å². The molecular weight excluding hydrogens is 217 g/mol. The normalized spacial score (nSPS) is 10.8. The molecule has 0 aliphatic carbocycles. The summed E-state index contributed by atoms with van der Waals surface area (Å²) in [6, 6.07) is 6.60. The lowest BCUT2D eigenvalue weighted by molar-refractivity contribution is 0.618. The van der Waals surface area contributed by atoms with Crippen LogP contribution in [0.5, 0.6) is 0 Å². The van der Waals surface area contributed by atoms with Gasteiger partial charge in [-0.2, -0.15) is 5.10 Å². The maximum Gasteiger partial charge on any atom is 0.123 e. The molecule has 0 spiro atoms. The first-order valence-corrected chi connectivity index (χ1v) is 5.61. The molecule has 0 aliphatic rings. The lowest BCUT2D eigenvalue weighted by Gasteiger charge is -2.01. The van der Waals surface area contributed by atoms with Gasteiger partial charge in [-0.3, -0.25) is 4.68 Å². The highest BCUT2D eigenvalue weighted by Gasteiger charge is 2.04. The minimum absolute atomic E-state index is 0.207. The van der Waals surface area contributed by atoms with E-state index < -0.39 is 0 Å². The van der Waals surface area contributed by atoms with Crippen molar-refractivity contribution in [2.45, 2.75) is 20.0 Å². The van der Waals surface area contributed by atoms with Gasteiger partial charge < -0.3 is 5.32 Å². The van der Waals surface area contributed by atoms with E-state index in [9.17, 15) is 4.39 Å². The summed E-state index contributed by atoms with van der Waals surface area (Å²) in [5.41, 5.74) is 3.10. The quantitative estimate of drug-likeness (QED) is 0.876. The molecule has 0 atom stereocenters. The monoisotopic (exact) mass is 233 g/mol. The largest absolute Gasteiger partial charge is 0.316 e. The van der Waals surface area contributed by atoms with Crippen LogP contribution in [0.1, 0.15) is 16.8 Å². The number of aryl methyl sites for hydroxylation is 1. The van der Waals surface area contributed by atoms with Crippen LogP contribution in [0.4, 0.5) is 4.39 Å². The predicted molar refractivity (Wildman–Crippen MR) is 65.2 cm³/mol. The molecule has 0 radical (unpaired) electrons. The molecule has 90 valence electrons. The van der Waals surface area contributed by atoms with Crippen LogP contribution in [-0.4, -0.2) is 16.8 Å². The van der Waals surface area contributed by atoms with E-state index in [0.717, 1.165) is 17.8 Å². The van der Waals surface area contributed by atoms with Crippen LogP contribution >= 0.6 is 0 Å². The molecular formula is C13H16FN3. The Balaban J connectivity index is 2.16. The van der Waals surface area contributed by atoms with Crippen LogP contribution in [0.2, 0.25) is 0 Å². The van der Waals surface area contributed by atoms with Crippen LogP contribution in [-0.2, 0) is 13.1 Å². The standard InChI is InChI=1S/C13H16FN3/c1-10-12(7-15-2)9-17(16-10)8-11-4-3-5-13(14)6-11/h3-6,9,15H,7-8H2,1-2H3. The van der Waals surface area contributed by atoms with Crippen molar-refractivity contribution in [1.29, 1.82) is 0 Å². The average molecular weight is 233 g/mol.